The van der Waals surface area contributed by atoms with Crippen LogP contribution in [0.15, 0.2) is 49.1 Å². The predicted octanol–water partition coefficient (Wildman–Crippen LogP) is 1.54. The number of nitrogens with zero attached hydrogens (tertiary/aromatic N) is 8. The number of anilines is 2. The Morgan fingerprint density at radius 2 is 1.24 bits per heavy atom. The number of nitrogens with one attached hydrogen (secondary N) is 2. The van der Waals surface area contributed by atoms with Gasteiger partial charge in [-0.3, -0.25) is 9.59 Å². The van der Waals surface area contributed by atoms with E-state index in [0.29, 0.717) is 32.8 Å². The molecule has 15 heteroatoms. The summed E-state index contributed by atoms with van der Waals surface area (Å²) in [5.41, 5.74) is 1.76. The van der Waals surface area contributed by atoms with Crippen LogP contribution in [0.1, 0.15) is 0 Å². The number of ether oxygens (including phenoxy) is 1. The van der Waals surface area contributed by atoms with Crippen LogP contribution in [0.4, 0.5) is 11.4 Å². The van der Waals surface area contributed by atoms with E-state index >= 15 is 0 Å². The van der Waals surface area contributed by atoms with E-state index in [1.807, 2.05) is 0 Å². The van der Waals surface area contributed by atoms with Crippen LogP contribution in [0.2, 0.25) is 10.0 Å². The maximum atomic E-state index is 12.3. The Kier molecular flexibility index (Phi) is 6.83. The minimum absolute atomic E-state index is 0.373. The van der Waals surface area contributed by atoms with Crippen LogP contribution in [0.25, 0.3) is 11.4 Å². The number of benzene rings is 2. The van der Waals surface area contributed by atoms with Crippen LogP contribution in [0.3, 0.4) is 0 Å². The second-order valence-electron chi connectivity index (χ2n) is 6.42. The number of amides is 2. The molecular formula is C18H14Cl2N10O3. The van der Waals surface area contributed by atoms with Gasteiger partial charge < -0.3 is 15.4 Å². The maximum absolute atomic E-state index is 12.3. The normalized spacial score (nSPS) is 10.7. The molecule has 0 fully saturated rings. The molecule has 33 heavy (non-hydrogen) atoms. The maximum Gasteiger partial charge on any atom is 0.250 e. The second-order valence-corrected chi connectivity index (χ2v) is 7.29. The molecule has 4 rings (SSSR count). The van der Waals surface area contributed by atoms with Gasteiger partial charge in [0.2, 0.25) is 11.8 Å². The summed E-state index contributed by atoms with van der Waals surface area (Å²) in [6.45, 7) is -0.769. The zero-order valence-electron chi connectivity index (χ0n) is 16.6. The first-order chi connectivity index (χ1) is 16.0. The SMILES string of the molecule is O=C(COCC(=O)Nc1cc(Cl)ccc1-n1cnnn1)Nc1cc(Cl)ccc1-n1cnnn1. The van der Waals surface area contributed by atoms with Crippen LogP contribution in [0, 0.1) is 0 Å². The highest BCUT2D eigenvalue weighted by Crippen LogP contribution is 2.24. The van der Waals surface area contributed by atoms with Crippen molar-refractivity contribution in [1.82, 2.24) is 40.4 Å². The zero-order chi connectivity index (χ0) is 23.2. The van der Waals surface area contributed by atoms with Crippen LogP contribution in [-0.2, 0) is 14.3 Å². The lowest BCUT2D eigenvalue weighted by Crippen LogP contribution is -2.24. The third-order valence-corrected chi connectivity index (χ3v) is 4.59. The molecule has 0 spiro atoms. The van der Waals surface area contributed by atoms with Gasteiger partial charge in [0.15, 0.2) is 0 Å². The average Bonchev–Trinajstić information content (AvgIpc) is 3.48. The summed E-state index contributed by atoms with van der Waals surface area (Å²) in [7, 11) is 0. The van der Waals surface area contributed by atoms with Crippen LogP contribution >= 0.6 is 23.2 Å². The highest BCUT2D eigenvalue weighted by Gasteiger charge is 2.13. The highest BCUT2D eigenvalue weighted by atomic mass is 35.5. The second kappa shape index (κ2) is 10.1. The fraction of sp³-hybridized carbons (Fsp3) is 0.111. The van der Waals surface area contributed by atoms with E-state index in [0.717, 1.165) is 0 Å². The molecule has 0 unspecified atom stereocenters. The van der Waals surface area contributed by atoms with E-state index in [1.165, 1.54) is 22.0 Å². The van der Waals surface area contributed by atoms with E-state index in [2.05, 4.69) is 41.7 Å². The van der Waals surface area contributed by atoms with Crippen LogP contribution < -0.4 is 10.6 Å². The fourth-order valence-electron chi connectivity index (χ4n) is 2.77. The van der Waals surface area contributed by atoms with Crippen molar-refractivity contribution in [2.45, 2.75) is 0 Å². The summed E-state index contributed by atoms with van der Waals surface area (Å²) >= 11 is 12.1. The van der Waals surface area contributed by atoms with Gasteiger partial charge in [-0.05, 0) is 57.3 Å². The van der Waals surface area contributed by atoms with E-state index in [4.69, 9.17) is 27.9 Å². The Bertz CT molecular complexity index is 1170. The third-order valence-electron chi connectivity index (χ3n) is 4.12. The molecule has 0 radical (unpaired) electrons. The summed E-state index contributed by atoms with van der Waals surface area (Å²) < 4.78 is 7.98. The molecule has 2 aromatic carbocycles. The molecule has 4 aromatic rings. The van der Waals surface area contributed by atoms with E-state index < -0.39 is 11.8 Å². The Labute approximate surface area is 195 Å². The molecule has 0 aliphatic heterocycles. The topological polar surface area (TPSA) is 155 Å². The van der Waals surface area contributed by atoms with Gasteiger partial charge in [0.1, 0.15) is 25.9 Å². The molecule has 2 N–H and O–H groups in total. The lowest BCUT2D eigenvalue weighted by Gasteiger charge is -2.12. The van der Waals surface area contributed by atoms with Crippen LogP contribution in [-0.4, -0.2) is 65.4 Å². The molecule has 0 aliphatic rings. The lowest BCUT2D eigenvalue weighted by molar-refractivity contribution is -0.125. The number of hydrogen-bond acceptors (Lipinski definition) is 9. The predicted molar refractivity (Wildman–Crippen MR) is 116 cm³/mol. The quantitative estimate of drug-likeness (QED) is 0.375. The lowest BCUT2D eigenvalue weighted by atomic mass is 10.2. The minimum atomic E-state index is -0.503. The number of rotatable bonds is 8. The first-order valence-electron chi connectivity index (χ1n) is 9.23. The zero-order valence-corrected chi connectivity index (χ0v) is 18.1. The van der Waals surface area contributed by atoms with Gasteiger partial charge in [0.05, 0.1) is 22.7 Å². The molecule has 0 saturated heterocycles. The van der Waals surface area contributed by atoms with Crippen molar-refractivity contribution in [1.29, 1.82) is 0 Å². The van der Waals surface area contributed by atoms with Crippen molar-refractivity contribution in [2.75, 3.05) is 23.8 Å². The summed E-state index contributed by atoms with van der Waals surface area (Å²) in [6.07, 6.45) is 2.75. The number of hydrogen-bond donors (Lipinski definition) is 2. The van der Waals surface area contributed by atoms with Crippen molar-refractivity contribution in [2.24, 2.45) is 0 Å². The number of carbonyl (C=O) groups excluding carboxylic acids is 2. The first kappa shape index (κ1) is 22.3. The smallest absolute Gasteiger partial charge is 0.250 e. The van der Waals surface area contributed by atoms with Crippen molar-refractivity contribution >= 4 is 46.4 Å². The van der Waals surface area contributed by atoms with Gasteiger partial charge in [0, 0.05) is 10.0 Å². The van der Waals surface area contributed by atoms with Crippen molar-refractivity contribution < 1.29 is 14.3 Å². The largest absolute Gasteiger partial charge is 0.362 e. The van der Waals surface area contributed by atoms with Crippen molar-refractivity contribution in [3.63, 3.8) is 0 Å². The van der Waals surface area contributed by atoms with Gasteiger partial charge in [0.25, 0.3) is 0 Å². The standard InChI is InChI=1S/C18H14Cl2N10O3/c19-11-1-3-15(29-9-21-25-27-29)13(5-11)23-17(31)7-33-8-18(32)24-14-6-12(20)2-4-16(14)30-10-22-26-28-30/h1-6,9-10H,7-8H2,(H,23,31)(H,24,32). The molecule has 0 saturated carbocycles. The molecule has 0 aliphatic carbocycles. The van der Waals surface area contributed by atoms with Gasteiger partial charge >= 0.3 is 0 Å². The Hall–Kier alpha value is -3.94. The van der Waals surface area contributed by atoms with E-state index in [-0.39, 0.29) is 13.2 Å². The Morgan fingerprint density at radius 1 is 0.788 bits per heavy atom. The Balaban J connectivity index is 1.34. The molecule has 0 atom stereocenters. The molecule has 2 aromatic heterocycles. The fourth-order valence-corrected chi connectivity index (χ4v) is 3.11. The van der Waals surface area contributed by atoms with Crippen molar-refractivity contribution in [3.05, 3.63) is 59.1 Å². The minimum Gasteiger partial charge on any atom is -0.362 e. The van der Waals surface area contributed by atoms with Gasteiger partial charge in [-0.2, -0.15) is 9.36 Å². The summed E-state index contributed by atoms with van der Waals surface area (Å²) in [5.74, 6) is -1.01. The molecule has 13 nitrogen and oxygen atoms in total. The van der Waals surface area contributed by atoms with Crippen molar-refractivity contribution in [3.8, 4) is 11.4 Å². The number of carbonyl (C=O) groups is 2. The summed E-state index contributed by atoms with van der Waals surface area (Å²) in [5, 5.41) is 28.0. The monoisotopic (exact) mass is 488 g/mol. The molecule has 0 bridgehead atoms. The van der Waals surface area contributed by atoms with E-state index in [9.17, 15) is 9.59 Å². The van der Waals surface area contributed by atoms with Gasteiger partial charge in [-0.25, -0.2) is 0 Å². The van der Waals surface area contributed by atoms with Gasteiger partial charge in [-0.1, -0.05) is 23.2 Å². The van der Waals surface area contributed by atoms with E-state index in [1.54, 1.807) is 36.4 Å². The average molecular weight is 489 g/mol. The number of aromatic nitrogens is 8. The number of halogens is 2. The molecule has 2 amide bonds. The summed E-state index contributed by atoms with van der Waals surface area (Å²) in [6, 6.07) is 9.65. The van der Waals surface area contributed by atoms with Gasteiger partial charge in [-0.15, -0.1) is 10.2 Å². The molecule has 168 valence electrons. The Morgan fingerprint density at radius 3 is 1.64 bits per heavy atom. The summed E-state index contributed by atoms with van der Waals surface area (Å²) in [4.78, 5) is 24.6. The number of tetrazole rings is 2. The van der Waals surface area contributed by atoms with Crippen LogP contribution in [0.5, 0.6) is 0 Å². The molecule has 2 heterocycles. The third kappa shape index (κ3) is 5.65. The first-order valence-corrected chi connectivity index (χ1v) is 9.98. The highest BCUT2D eigenvalue weighted by molar-refractivity contribution is 6.31. The molecular weight excluding hydrogens is 475 g/mol.